The summed E-state index contributed by atoms with van der Waals surface area (Å²) in [6.45, 7) is 2.82. The summed E-state index contributed by atoms with van der Waals surface area (Å²) in [5.74, 6) is -0.0193. The van der Waals surface area contributed by atoms with Crippen LogP contribution >= 0.6 is 11.3 Å². The highest BCUT2D eigenvalue weighted by Crippen LogP contribution is 2.09. The molecular formula is C19H20N4OS. The molecule has 0 saturated carbocycles. The number of nitrogens with one attached hydrogen (secondary N) is 1. The van der Waals surface area contributed by atoms with Gasteiger partial charge < -0.3 is 5.32 Å². The van der Waals surface area contributed by atoms with E-state index in [9.17, 15) is 4.79 Å². The van der Waals surface area contributed by atoms with E-state index in [0.717, 1.165) is 35.8 Å². The van der Waals surface area contributed by atoms with Crippen LogP contribution in [0.4, 0.5) is 0 Å². The van der Waals surface area contributed by atoms with Gasteiger partial charge in [0, 0.05) is 44.8 Å². The number of rotatable bonds is 8. The SMILES string of the molecule is O=C(NCCN(Cc1cccnc1)Cc1ccccn1)c1cccs1. The maximum atomic E-state index is 12.1. The fourth-order valence-corrected chi connectivity index (χ4v) is 3.15. The van der Waals surface area contributed by atoms with Crippen LogP contribution in [-0.4, -0.2) is 33.9 Å². The molecule has 1 N–H and O–H groups in total. The minimum absolute atomic E-state index is 0.0193. The van der Waals surface area contributed by atoms with Gasteiger partial charge >= 0.3 is 0 Å². The Balaban J connectivity index is 1.58. The Morgan fingerprint density at radius 1 is 1.08 bits per heavy atom. The Kier molecular flexibility index (Phi) is 6.25. The molecule has 1 amide bonds. The Bertz CT molecular complexity index is 721. The van der Waals surface area contributed by atoms with Crippen LogP contribution in [0.25, 0.3) is 0 Å². The van der Waals surface area contributed by atoms with Gasteiger partial charge in [-0.1, -0.05) is 18.2 Å². The zero-order valence-electron chi connectivity index (χ0n) is 13.8. The van der Waals surface area contributed by atoms with Gasteiger partial charge in [-0.3, -0.25) is 19.7 Å². The molecule has 3 heterocycles. The number of hydrogen-bond donors (Lipinski definition) is 1. The van der Waals surface area contributed by atoms with Gasteiger partial charge in [0.25, 0.3) is 5.91 Å². The molecule has 0 aromatic carbocycles. The molecule has 6 heteroatoms. The number of carbonyl (C=O) groups excluding carboxylic acids is 1. The molecule has 25 heavy (non-hydrogen) atoms. The number of aromatic nitrogens is 2. The van der Waals surface area contributed by atoms with Gasteiger partial charge in [-0.2, -0.15) is 0 Å². The first kappa shape index (κ1) is 17.3. The van der Waals surface area contributed by atoms with Gasteiger partial charge in [0.1, 0.15) is 0 Å². The van der Waals surface area contributed by atoms with Crippen molar-refractivity contribution in [2.24, 2.45) is 0 Å². The molecule has 3 aromatic heterocycles. The Morgan fingerprint density at radius 3 is 2.76 bits per heavy atom. The first-order chi connectivity index (χ1) is 12.3. The molecule has 128 valence electrons. The summed E-state index contributed by atoms with van der Waals surface area (Å²) in [5.41, 5.74) is 2.15. The molecule has 0 aliphatic carbocycles. The summed E-state index contributed by atoms with van der Waals surface area (Å²) >= 11 is 1.45. The number of thiophene rings is 1. The largest absolute Gasteiger partial charge is 0.350 e. The smallest absolute Gasteiger partial charge is 0.261 e. The van der Waals surface area contributed by atoms with Crippen molar-refractivity contribution in [3.8, 4) is 0 Å². The molecule has 0 aliphatic heterocycles. The van der Waals surface area contributed by atoms with Crippen molar-refractivity contribution in [3.63, 3.8) is 0 Å². The lowest BCUT2D eigenvalue weighted by Crippen LogP contribution is -2.34. The van der Waals surface area contributed by atoms with Gasteiger partial charge in [-0.05, 0) is 35.2 Å². The number of pyridine rings is 2. The van der Waals surface area contributed by atoms with Crippen LogP contribution in [-0.2, 0) is 13.1 Å². The van der Waals surface area contributed by atoms with Gasteiger partial charge in [-0.25, -0.2) is 0 Å². The number of hydrogen-bond acceptors (Lipinski definition) is 5. The van der Waals surface area contributed by atoms with Crippen molar-refractivity contribution in [1.29, 1.82) is 0 Å². The first-order valence-electron chi connectivity index (χ1n) is 8.14. The molecule has 0 aliphatic rings. The van der Waals surface area contributed by atoms with Crippen LogP contribution in [0.3, 0.4) is 0 Å². The summed E-state index contributed by atoms with van der Waals surface area (Å²) in [7, 11) is 0. The average Bonchev–Trinajstić information content (AvgIpc) is 3.18. The molecule has 3 rings (SSSR count). The quantitative estimate of drug-likeness (QED) is 0.677. The van der Waals surface area contributed by atoms with Crippen LogP contribution in [0.1, 0.15) is 20.9 Å². The summed E-state index contributed by atoms with van der Waals surface area (Å²) in [4.78, 5) is 23.6. The molecular weight excluding hydrogens is 332 g/mol. The van der Waals surface area contributed by atoms with Gasteiger partial charge in [0.05, 0.1) is 10.6 Å². The third-order valence-electron chi connectivity index (χ3n) is 3.70. The van der Waals surface area contributed by atoms with Gasteiger partial charge in [0.15, 0.2) is 0 Å². The Morgan fingerprint density at radius 2 is 2.04 bits per heavy atom. The second-order valence-corrected chi connectivity index (χ2v) is 6.57. The maximum Gasteiger partial charge on any atom is 0.261 e. The van der Waals surface area contributed by atoms with Crippen LogP contribution in [0, 0.1) is 0 Å². The van der Waals surface area contributed by atoms with Crippen molar-refractivity contribution in [2.75, 3.05) is 13.1 Å². The number of carbonyl (C=O) groups is 1. The van der Waals surface area contributed by atoms with Crippen LogP contribution in [0.5, 0.6) is 0 Å². The third-order valence-corrected chi connectivity index (χ3v) is 4.57. The van der Waals surface area contributed by atoms with Gasteiger partial charge in [0.2, 0.25) is 0 Å². The van der Waals surface area contributed by atoms with E-state index >= 15 is 0 Å². The fraction of sp³-hybridized carbons (Fsp3) is 0.211. The summed E-state index contributed by atoms with van der Waals surface area (Å²) in [6, 6.07) is 13.6. The van der Waals surface area contributed by atoms with Crippen LogP contribution in [0.15, 0.2) is 66.4 Å². The van der Waals surface area contributed by atoms with Crippen molar-refractivity contribution >= 4 is 17.2 Å². The molecule has 0 fully saturated rings. The van der Waals surface area contributed by atoms with E-state index in [0.29, 0.717) is 6.54 Å². The Labute approximate surface area is 151 Å². The Hall–Kier alpha value is -2.57. The zero-order chi connectivity index (χ0) is 17.3. The van der Waals surface area contributed by atoms with E-state index in [-0.39, 0.29) is 5.91 Å². The normalized spacial score (nSPS) is 10.8. The lowest BCUT2D eigenvalue weighted by Gasteiger charge is -2.22. The first-order valence-corrected chi connectivity index (χ1v) is 9.02. The third kappa shape index (κ3) is 5.48. The molecule has 0 spiro atoms. The summed E-state index contributed by atoms with van der Waals surface area (Å²) in [6.07, 6.45) is 5.44. The van der Waals surface area contributed by atoms with E-state index in [2.05, 4.69) is 26.3 Å². The predicted octanol–water partition coefficient (Wildman–Crippen LogP) is 2.97. The second-order valence-electron chi connectivity index (χ2n) is 5.63. The highest BCUT2D eigenvalue weighted by Gasteiger charge is 2.10. The number of nitrogens with zero attached hydrogens (tertiary/aromatic N) is 3. The summed E-state index contributed by atoms with van der Waals surface area (Å²) in [5, 5.41) is 4.89. The van der Waals surface area contributed by atoms with Crippen molar-refractivity contribution in [3.05, 3.63) is 82.6 Å². The van der Waals surface area contributed by atoms with Crippen LogP contribution in [0.2, 0.25) is 0 Å². The topological polar surface area (TPSA) is 58.1 Å². The molecule has 0 saturated heterocycles. The van der Waals surface area contributed by atoms with Crippen molar-refractivity contribution < 1.29 is 4.79 Å². The van der Waals surface area contributed by atoms with Gasteiger partial charge in [-0.15, -0.1) is 11.3 Å². The van der Waals surface area contributed by atoms with E-state index in [1.807, 2.05) is 48.0 Å². The standard InChI is InChI=1S/C19H20N4OS/c24-19(18-7-4-12-25-18)22-10-11-23(14-16-5-3-8-20-13-16)15-17-6-1-2-9-21-17/h1-9,12-13H,10-11,14-15H2,(H,22,24). The predicted molar refractivity (Wildman–Crippen MR) is 99.2 cm³/mol. The van der Waals surface area contributed by atoms with E-state index in [1.165, 1.54) is 11.3 Å². The molecule has 0 bridgehead atoms. The van der Waals surface area contributed by atoms with Crippen LogP contribution < -0.4 is 5.32 Å². The monoisotopic (exact) mass is 352 g/mol. The summed E-state index contributed by atoms with van der Waals surface area (Å²) < 4.78 is 0. The number of amides is 1. The molecule has 3 aromatic rings. The molecule has 0 unspecified atom stereocenters. The highest BCUT2D eigenvalue weighted by molar-refractivity contribution is 7.12. The highest BCUT2D eigenvalue weighted by atomic mass is 32.1. The lowest BCUT2D eigenvalue weighted by atomic mass is 10.2. The second kappa shape index (κ2) is 9.05. The average molecular weight is 352 g/mol. The van der Waals surface area contributed by atoms with E-state index in [4.69, 9.17) is 0 Å². The molecule has 0 atom stereocenters. The van der Waals surface area contributed by atoms with E-state index in [1.54, 1.807) is 12.4 Å². The lowest BCUT2D eigenvalue weighted by molar-refractivity contribution is 0.0951. The van der Waals surface area contributed by atoms with Crippen molar-refractivity contribution in [1.82, 2.24) is 20.2 Å². The zero-order valence-corrected chi connectivity index (χ0v) is 14.7. The van der Waals surface area contributed by atoms with E-state index < -0.39 is 0 Å². The molecule has 5 nitrogen and oxygen atoms in total. The maximum absolute atomic E-state index is 12.1. The fourth-order valence-electron chi connectivity index (χ4n) is 2.51. The minimum Gasteiger partial charge on any atom is -0.350 e. The van der Waals surface area contributed by atoms with Crippen molar-refractivity contribution in [2.45, 2.75) is 13.1 Å². The molecule has 0 radical (unpaired) electrons. The minimum atomic E-state index is -0.0193.